The van der Waals surface area contributed by atoms with Crippen molar-refractivity contribution < 1.29 is 0 Å². The Morgan fingerprint density at radius 3 is 0.595 bits per heavy atom. The van der Waals surface area contributed by atoms with Gasteiger partial charge in [0.05, 0.1) is 0 Å². The lowest BCUT2D eigenvalue weighted by Gasteiger charge is -2.11. The van der Waals surface area contributed by atoms with E-state index in [1.165, 1.54) is 212 Å². The van der Waals surface area contributed by atoms with Crippen LogP contribution in [0, 0.1) is 5.92 Å². The summed E-state index contributed by atoms with van der Waals surface area (Å²) in [5.41, 5.74) is 0. The van der Waals surface area contributed by atoms with Crippen LogP contribution in [0.5, 0.6) is 0 Å². The summed E-state index contributed by atoms with van der Waals surface area (Å²) in [5.74, 6) is 0.968. The van der Waals surface area contributed by atoms with Gasteiger partial charge in [-0.25, -0.2) is 0 Å². The number of hydrogen-bond acceptors (Lipinski definition) is 0. The topological polar surface area (TPSA) is 0 Å². The van der Waals surface area contributed by atoms with Gasteiger partial charge in [-0.1, -0.05) is 233 Å². The Hall–Kier alpha value is 0. The lowest BCUT2D eigenvalue weighted by molar-refractivity contribution is 0.430. The fourth-order valence-corrected chi connectivity index (χ4v) is 6.05. The molecule has 37 heavy (non-hydrogen) atoms. The second kappa shape index (κ2) is 34.0. The van der Waals surface area contributed by atoms with E-state index in [1.807, 2.05) is 0 Å². The second-order valence-electron chi connectivity index (χ2n) is 12.9. The van der Waals surface area contributed by atoms with Crippen LogP contribution in [-0.2, 0) is 0 Å². The first-order valence-corrected chi connectivity index (χ1v) is 18.3. The molecule has 0 aliphatic heterocycles. The van der Waals surface area contributed by atoms with Gasteiger partial charge in [-0.2, -0.15) is 0 Å². The molecule has 0 rings (SSSR count). The molecule has 0 bridgehead atoms. The SMILES string of the molecule is CCCCCCCCCCCCCCCCCCCCCCCCCCC(C)CCCCCCCCC. The van der Waals surface area contributed by atoms with Gasteiger partial charge in [0.1, 0.15) is 0 Å². The Labute approximate surface area is 238 Å². The van der Waals surface area contributed by atoms with Gasteiger partial charge in [0.2, 0.25) is 0 Å². The summed E-state index contributed by atoms with van der Waals surface area (Å²) in [5, 5.41) is 0. The second-order valence-corrected chi connectivity index (χ2v) is 12.9. The lowest BCUT2D eigenvalue weighted by atomic mass is 9.95. The predicted octanol–water partition coefficient (Wildman–Crippen LogP) is 14.5. The molecule has 0 N–H and O–H groups in total. The molecular weight excluding hydrogens is 444 g/mol. The van der Waals surface area contributed by atoms with Crippen molar-refractivity contribution >= 4 is 0 Å². The number of hydrogen-bond donors (Lipinski definition) is 0. The van der Waals surface area contributed by atoms with E-state index in [0.29, 0.717) is 0 Å². The fraction of sp³-hybridized carbons (Fsp3) is 1.00. The van der Waals surface area contributed by atoms with E-state index in [-0.39, 0.29) is 0 Å². The van der Waals surface area contributed by atoms with Crippen molar-refractivity contribution in [3.63, 3.8) is 0 Å². The molecule has 0 heteroatoms. The first-order valence-electron chi connectivity index (χ1n) is 18.3. The van der Waals surface area contributed by atoms with E-state index in [1.54, 1.807) is 0 Å². The van der Waals surface area contributed by atoms with Gasteiger partial charge < -0.3 is 0 Å². The van der Waals surface area contributed by atoms with Crippen molar-refractivity contribution in [2.45, 2.75) is 233 Å². The van der Waals surface area contributed by atoms with Crippen LogP contribution >= 0.6 is 0 Å². The minimum Gasteiger partial charge on any atom is -0.0654 e. The van der Waals surface area contributed by atoms with Crippen LogP contribution in [0.3, 0.4) is 0 Å². The highest BCUT2D eigenvalue weighted by Gasteiger charge is 2.02. The van der Waals surface area contributed by atoms with Crippen molar-refractivity contribution in [3.8, 4) is 0 Å². The standard InChI is InChI=1S/C37H76/c1-4-6-8-10-12-13-14-15-16-17-18-19-20-21-22-23-24-25-26-27-28-30-32-34-36-37(3)35-33-31-29-11-9-7-5-2/h37H,4-36H2,1-3H3. The van der Waals surface area contributed by atoms with Crippen LogP contribution in [0.25, 0.3) is 0 Å². The molecule has 224 valence electrons. The Morgan fingerprint density at radius 2 is 0.405 bits per heavy atom. The van der Waals surface area contributed by atoms with Gasteiger partial charge in [0, 0.05) is 0 Å². The van der Waals surface area contributed by atoms with Crippen LogP contribution in [0.4, 0.5) is 0 Å². The lowest BCUT2D eigenvalue weighted by Crippen LogP contribution is -1.95. The highest BCUT2D eigenvalue weighted by atomic mass is 14.1. The maximum Gasteiger partial charge on any atom is -0.0443 e. The molecule has 0 heterocycles. The first-order chi connectivity index (χ1) is 18.3. The zero-order chi connectivity index (χ0) is 26.9. The maximum atomic E-state index is 2.50. The summed E-state index contributed by atoms with van der Waals surface area (Å²) in [6.07, 6.45) is 48.8. The minimum atomic E-state index is 0.968. The summed E-state index contributed by atoms with van der Waals surface area (Å²) in [6.45, 7) is 7.11. The Kier molecular flexibility index (Phi) is 34.0. The van der Waals surface area contributed by atoms with Crippen molar-refractivity contribution in [2.24, 2.45) is 5.92 Å². The van der Waals surface area contributed by atoms with Gasteiger partial charge in [-0.05, 0) is 5.92 Å². The molecule has 1 unspecified atom stereocenters. The molecule has 0 saturated carbocycles. The number of rotatable bonds is 33. The molecule has 0 nitrogen and oxygen atoms in total. The molecule has 0 fully saturated rings. The average Bonchev–Trinajstić information content (AvgIpc) is 2.90. The largest absolute Gasteiger partial charge is 0.0654 e. The van der Waals surface area contributed by atoms with E-state index >= 15 is 0 Å². The van der Waals surface area contributed by atoms with E-state index in [0.717, 1.165) is 5.92 Å². The quantitative estimate of drug-likeness (QED) is 0.0754. The smallest absolute Gasteiger partial charge is 0.0443 e. The van der Waals surface area contributed by atoms with E-state index < -0.39 is 0 Å². The zero-order valence-electron chi connectivity index (χ0n) is 26.9. The normalized spacial score (nSPS) is 12.4. The van der Waals surface area contributed by atoms with E-state index in [4.69, 9.17) is 0 Å². The van der Waals surface area contributed by atoms with Crippen molar-refractivity contribution in [3.05, 3.63) is 0 Å². The van der Waals surface area contributed by atoms with Gasteiger partial charge in [-0.3, -0.25) is 0 Å². The van der Waals surface area contributed by atoms with E-state index in [2.05, 4.69) is 20.8 Å². The third kappa shape index (κ3) is 34.0. The molecule has 0 aliphatic rings. The van der Waals surface area contributed by atoms with E-state index in [9.17, 15) is 0 Å². The third-order valence-electron chi connectivity index (χ3n) is 8.85. The zero-order valence-corrected chi connectivity index (χ0v) is 26.9. The Bertz CT molecular complexity index is 372. The molecule has 0 saturated heterocycles. The van der Waals surface area contributed by atoms with Gasteiger partial charge in [0.25, 0.3) is 0 Å². The maximum absolute atomic E-state index is 2.50. The van der Waals surface area contributed by atoms with Gasteiger partial charge in [0.15, 0.2) is 0 Å². The van der Waals surface area contributed by atoms with Crippen LogP contribution in [-0.4, -0.2) is 0 Å². The predicted molar refractivity (Wildman–Crippen MR) is 173 cm³/mol. The molecule has 0 radical (unpaired) electrons. The van der Waals surface area contributed by atoms with Crippen molar-refractivity contribution in [1.29, 1.82) is 0 Å². The highest BCUT2D eigenvalue weighted by Crippen LogP contribution is 2.19. The monoisotopic (exact) mass is 521 g/mol. The summed E-state index contributed by atoms with van der Waals surface area (Å²) in [6, 6.07) is 0. The van der Waals surface area contributed by atoms with Crippen LogP contribution < -0.4 is 0 Å². The average molecular weight is 521 g/mol. The van der Waals surface area contributed by atoms with Crippen molar-refractivity contribution in [1.82, 2.24) is 0 Å². The van der Waals surface area contributed by atoms with Gasteiger partial charge in [-0.15, -0.1) is 0 Å². The molecule has 0 amide bonds. The summed E-state index contributed by atoms with van der Waals surface area (Å²) in [7, 11) is 0. The van der Waals surface area contributed by atoms with Crippen LogP contribution in [0.15, 0.2) is 0 Å². The first kappa shape index (κ1) is 37.0. The van der Waals surface area contributed by atoms with Crippen molar-refractivity contribution in [2.75, 3.05) is 0 Å². The molecular formula is C37H76. The number of unbranched alkanes of at least 4 members (excludes halogenated alkanes) is 29. The highest BCUT2D eigenvalue weighted by molar-refractivity contribution is 4.56. The Balaban J connectivity index is 3.09. The Morgan fingerprint density at radius 1 is 0.243 bits per heavy atom. The molecule has 0 aromatic heterocycles. The summed E-state index contributed by atoms with van der Waals surface area (Å²) >= 11 is 0. The summed E-state index contributed by atoms with van der Waals surface area (Å²) in [4.78, 5) is 0. The van der Waals surface area contributed by atoms with Gasteiger partial charge >= 0.3 is 0 Å². The van der Waals surface area contributed by atoms with Crippen LogP contribution in [0.2, 0.25) is 0 Å². The molecule has 1 atom stereocenters. The fourth-order valence-electron chi connectivity index (χ4n) is 6.05. The minimum absolute atomic E-state index is 0.968. The summed E-state index contributed by atoms with van der Waals surface area (Å²) < 4.78 is 0. The molecule has 0 spiro atoms. The molecule has 0 aliphatic carbocycles. The molecule has 0 aromatic rings. The van der Waals surface area contributed by atoms with Crippen LogP contribution in [0.1, 0.15) is 233 Å². The molecule has 0 aromatic carbocycles. The third-order valence-corrected chi connectivity index (χ3v) is 8.85.